The molecule has 32 heavy (non-hydrogen) atoms. The van der Waals surface area contributed by atoms with E-state index in [-0.39, 0.29) is 11.7 Å². The number of aromatic carboxylic acids is 1. The first-order valence-corrected chi connectivity index (χ1v) is 11.1. The Morgan fingerprint density at radius 1 is 1.03 bits per heavy atom. The van der Waals surface area contributed by atoms with E-state index in [0.29, 0.717) is 31.6 Å². The molecule has 2 aliphatic rings. The summed E-state index contributed by atoms with van der Waals surface area (Å²) in [4.78, 5) is 28.1. The highest BCUT2D eigenvalue weighted by atomic mass is 16.7. The molecule has 2 aliphatic heterocycles. The maximum absolute atomic E-state index is 12.4. The molecule has 0 atom stereocenters. The molecule has 0 radical (unpaired) electrons. The topological polar surface area (TPSA) is 88.5 Å². The van der Waals surface area contributed by atoms with Crippen LogP contribution in [0.4, 0.5) is 10.5 Å². The van der Waals surface area contributed by atoms with Gasteiger partial charge in [-0.25, -0.2) is 9.59 Å². The van der Waals surface area contributed by atoms with Gasteiger partial charge >= 0.3 is 19.2 Å². The van der Waals surface area contributed by atoms with E-state index < -0.39 is 29.9 Å². The molecular formula is C23H35BN2O6. The van der Waals surface area contributed by atoms with Crippen LogP contribution in [0.1, 0.15) is 64.4 Å². The van der Waals surface area contributed by atoms with E-state index in [9.17, 15) is 14.7 Å². The number of piperazine rings is 1. The Morgan fingerprint density at radius 2 is 1.56 bits per heavy atom. The van der Waals surface area contributed by atoms with E-state index in [1.165, 1.54) is 0 Å². The van der Waals surface area contributed by atoms with Crippen LogP contribution in [-0.4, -0.2) is 72.2 Å². The number of anilines is 1. The van der Waals surface area contributed by atoms with Crippen molar-refractivity contribution >= 4 is 30.3 Å². The average Bonchev–Trinajstić information content (AvgIpc) is 2.87. The number of carboxylic acid groups (broad SMARTS) is 1. The largest absolute Gasteiger partial charge is 0.495 e. The lowest BCUT2D eigenvalue weighted by molar-refractivity contribution is 0.00578. The second-order valence-corrected chi connectivity index (χ2v) is 10.6. The van der Waals surface area contributed by atoms with E-state index in [1.807, 2.05) is 55.4 Å². The number of hydrogen-bond acceptors (Lipinski definition) is 6. The van der Waals surface area contributed by atoms with Gasteiger partial charge in [0.25, 0.3) is 0 Å². The fraction of sp³-hybridized carbons (Fsp3) is 0.652. The zero-order valence-electron chi connectivity index (χ0n) is 20.4. The number of hydrogen-bond donors (Lipinski definition) is 1. The van der Waals surface area contributed by atoms with E-state index in [1.54, 1.807) is 17.0 Å². The second kappa shape index (κ2) is 8.26. The van der Waals surface area contributed by atoms with Gasteiger partial charge in [0.2, 0.25) is 0 Å². The van der Waals surface area contributed by atoms with Crippen LogP contribution >= 0.6 is 0 Å². The van der Waals surface area contributed by atoms with Gasteiger partial charge in [-0.3, -0.25) is 0 Å². The number of amides is 1. The number of carbonyl (C=O) groups is 2. The Hall–Kier alpha value is -2.26. The highest BCUT2D eigenvalue weighted by molar-refractivity contribution is 6.63. The molecule has 176 valence electrons. The number of rotatable bonds is 3. The molecule has 2 fully saturated rings. The van der Waals surface area contributed by atoms with Crippen molar-refractivity contribution in [1.82, 2.24) is 4.90 Å². The summed E-state index contributed by atoms with van der Waals surface area (Å²) in [6.07, 6.45) is -0.328. The Morgan fingerprint density at radius 3 is 2.03 bits per heavy atom. The average molecular weight is 446 g/mol. The monoisotopic (exact) mass is 446 g/mol. The molecule has 1 aromatic rings. The summed E-state index contributed by atoms with van der Waals surface area (Å²) >= 11 is 0. The number of nitrogens with zero attached hydrogens (tertiary/aromatic N) is 2. The predicted molar refractivity (Wildman–Crippen MR) is 124 cm³/mol. The first-order valence-electron chi connectivity index (χ1n) is 11.1. The normalized spacial score (nSPS) is 20.4. The van der Waals surface area contributed by atoms with Crippen molar-refractivity contribution in [2.75, 3.05) is 31.1 Å². The van der Waals surface area contributed by atoms with Crippen LogP contribution in [-0.2, 0) is 14.0 Å². The third-order valence-electron chi connectivity index (χ3n) is 6.45. The second-order valence-electron chi connectivity index (χ2n) is 10.6. The molecule has 0 saturated carbocycles. The van der Waals surface area contributed by atoms with Crippen LogP contribution in [0.15, 0.2) is 12.1 Å². The Labute approximate surface area is 190 Å². The number of benzene rings is 1. The predicted octanol–water partition coefficient (Wildman–Crippen LogP) is 3.05. The summed E-state index contributed by atoms with van der Waals surface area (Å²) in [6, 6.07) is 3.33. The van der Waals surface area contributed by atoms with Gasteiger partial charge < -0.3 is 29.0 Å². The van der Waals surface area contributed by atoms with Crippen LogP contribution in [0, 0.1) is 6.92 Å². The Kier molecular flexibility index (Phi) is 6.30. The van der Waals surface area contributed by atoms with Crippen molar-refractivity contribution in [2.24, 2.45) is 0 Å². The molecule has 2 heterocycles. The molecule has 0 spiro atoms. The first-order chi connectivity index (χ1) is 14.6. The molecule has 0 bridgehead atoms. The molecule has 0 aromatic heterocycles. The molecule has 2 saturated heterocycles. The van der Waals surface area contributed by atoms with Gasteiger partial charge in [-0.1, -0.05) is 0 Å². The fourth-order valence-corrected chi connectivity index (χ4v) is 3.84. The molecule has 3 rings (SSSR count). The summed E-state index contributed by atoms with van der Waals surface area (Å²) in [5.74, 6) is -1.00. The van der Waals surface area contributed by atoms with Gasteiger partial charge in [0.05, 0.1) is 16.8 Å². The zero-order valence-corrected chi connectivity index (χ0v) is 20.4. The lowest BCUT2D eigenvalue weighted by Crippen LogP contribution is -2.50. The zero-order chi connectivity index (χ0) is 24.1. The van der Waals surface area contributed by atoms with Crippen molar-refractivity contribution in [2.45, 2.75) is 72.2 Å². The van der Waals surface area contributed by atoms with Crippen molar-refractivity contribution in [3.63, 3.8) is 0 Å². The van der Waals surface area contributed by atoms with E-state index in [4.69, 9.17) is 14.0 Å². The van der Waals surface area contributed by atoms with Gasteiger partial charge in [-0.2, -0.15) is 0 Å². The van der Waals surface area contributed by atoms with Gasteiger partial charge in [0.1, 0.15) is 5.60 Å². The summed E-state index contributed by atoms with van der Waals surface area (Å²) in [6.45, 7) is 17.5. The van der Waals surface area contributed by atoms with Crippen LogP contribution in [0.25, 0.3) is 0 Å². The maximum atomic E-state index is 12.4. The molecule has 1 aromatic carbocycles. The van der Waals surface area contributed by atoms with Crippen LogP contribution < -0.4 is 10.4 Å². The van der Waals surface area contributed by atoms with Crippen molar-refractivity contribution < 1.29 is 28.7 Å². The summed E-state index contributed by atoms with van der Waals surface area (Å²) < 4.78 is 17.9. The van der Waals surface area contributed by atoms with Gasteiger partial charge in [0.15, 0.2) is 0 Å². The molecule has 0 unspecified atom stereocenters. The maximum Gasteiger partial charge on any atom is 0.495 e. The number of carbonyl (C=O) groups excluding carboxylic acids is 1. The standard InChI is InChI=1S/C23H35BN2O6/c1-15-17(24-31-22(5,6)23(7,8)32-24)13-16(19(27)28)14-18(15)25-9-11-26(12-10-25)20(29)30-21(2,3)4/h13-14H,9-12H2,1-8H3,(H,27,28). The molecular weight excluding hydrogens is 411 g/mol. The quantitative estimate of drug-likeness (QED) is 0.714. The van der Waals surface area contributed by atoms with E-state index in [0.717, 1.165) is 11.3 Å². The number of ether oxygens (including phenoxy) is 1. The summed E-state index contributed by atoms with van der Waals surface area (Å²) in [5, 5.41) is 9.72. The lowest BCUT2D eigenvalue weighted by Gasteiger charge is -2.37. The van der Waals surface area contributed by atoms with E-state index >= 15 is 0 Å². The van der Waals surface area contributed by atoms with Crippen molar-refractivity contribution in [3.8, 4) is 0 Å². The molecule has 8 nitrogen and oxygen atoms in total. The Bertz CT molecular complexity index is 884. The summed E-state index contributed by atoms with van der Waals surface area (Å²) in [7, 11) is -0.652. The van der Waals surface area contributed by atoms with Crippen molar-refractivity contribution in [1.29, 1.82) is 0 Å². The molecule has 9 heteroatoms. The summed E-state index contributed by atoms with van der Waals surface area (Å²) in [5.41, 5.74) is 1.04. The minimum Gasteiger partial charge on any atom is -0.478 e. The minimum absolute atomic E-state index is 0.185. The Balaban J connectivity index is 1.85. The third-order valence-corrected chi connectivity index (χ3v) is 6.45. The highest BCUT2D eigenvalue weighted by Crippen LogP contribution is 2.37. The van der Waals surface area contributed by atoms with E-state index in [2.05, 4.69) is 4.90 Å². The molecule has 1 amide bonds. The first kappa shape index (κ1) is 24.4. The smallest absolute Gasteiger partial charge is 0.478 e. The number of carboxylic acids is 1. The fourth-order valence-electron chi connectivity index (χ4n) is 3.84. The minimum atomic E-state index is -1.00. The third kappa shape index (κ3) is 4.88. The van der Waals surface area contributed by atoms with Crippen LogP contribution in [0.3, 0.4) is 0 Å². The lowest BCUT2D eigenvalue weighted by atomic mass is 9.74. The highest BCUT2D eigenvalue weighted by Gasteiger charge is 2.52. The molecule has 1 N–H and O–H groups in total. The SMILES string of the molecule is Cc1c(B2OC(C)(C)C(C)(C)O2)cc(C(=O)O)cc1N1CCN(C(=O)OC(C)(C)C)CC1. The van der Waals surface area contributed by atoms with Crippen LogP contribution in [0.5, 0.6) is 0 Å². The van der Waals surface area contributed by atoms with Crippen LogP contribution in [0.2, 0.25) is 0 Å². The van der Waals surface area contributed by atoms with Gasteiger partial charge in [-0.05, 0) is 78.5 Å². The van der Waals surface area contributed by atoms with Gasteiger partial charge in [0, 0.05) is 31.9 Å². The van der Waals surface area contributed by atoms with Gasteiger partial charge in [-0.15, -0.1) is 0 Å². The molecule has 0 aliphatic carbocycles. The van der Waals surface area contributed by atoms with Crippen molar-refractivity contribution in [3.05, 3.63) is 23.3 Å².